The lowest BCUT2D eigenvalue weighted by molar-refractivity contribution is 0.0824. The van der Waals surface area contributed by atoms with E-state index in [0.29, 0.717) is 0 Å². The molecule has 4 atom stereocenters. The third-order valence-electron chi connectivity index (χ3n) is 2.42. The molecular weight excluding hydrogens is 233 g/mol. The fourth-order valence-electron chi connectivity index (χ4n) is 1.55. The Morgan fingerprint density at radius 3 is 2.88 bits per heavy atom. The lowest BCUT2D eigenvalue weighted by Crippen LogP contribution is -2.32. The van der Waals surface area contributed by atoms with Gasteiger partial charge in [-0.3, -0.25) is 4.57 Å². The van der Waals surface area contributed by atoms with E-state index in [2.05, 4.69) is 11.9 Å². The molecule has 0 amide bonds. The molecular formula is C9H11FN3O2S. The van der Waals surface area contributed by atoms with Crippen molar-refractivity contribution in [3.05, 3.63) is 29.7 Å². The number of aliphatic hydroxyl groups is 1. The number of nitrogens with zero attached hydrogens (tertiary/aromatic N) is 2. The zero-order chi connectivity index (χ0) is 11.9. The molecule has 1 aromatic rings. The van der Waals surface area contributed by atoms with E-state index in [-0.39, 0.29) is 5.82 Å². The number of nitrogen functional groups attached to an aromatic ring is 1. The quantitative estimate of drug-likeness (QED) is 0.725. The van der Waals surface area contributed by atoms with Crippen LogP contribution in [-0.4, -0.2) is 32.2 Å². The van der Waals surface area contributed by atoms with Crippen molar-refractivity contribution in [1.29, 1.82) is 0 Å². The summed E-state index contributed by atoms with van der Waals surface area (Å²) in [5.41, 5.74) is 4.71. The van der Waals surface area contributed by atoms with Gasteiger partial charge in [0.1, 0.15) is 17.3 Å². The van der Waals surface area contributed by atoms with Crippen molar-refractivity contribution in [1.82, 2.24) is 9.55 Å². The Kier molecular flexibility index (Phi) is 2.90. The molecule has 2 rings (SSSR count). The molecule has 87 valence electrons. The van der Waals surface area contributed by atoms with Crippen molar-refractivity contribution in [2.24, 2.45) is 0 Å². The predicted octanol–water partition coefficient (Wildman–Crippen LogP) is -0.0274. The maximum Gasteiger partial charge on any atom is 0.350 e. The van der Waals surface area contributed by atoms with E-state index in [4.69, 9.17) is 5.73 Å². The van der Waals surface area contributed by atoms with Gasteiger partial charge in [0.25, 0.3) is 0 Å². The summed E-state index contributed by atoms with van der Waals surface area (Å²) in [5, 5.41) is 8.14. The minimum Gasteiger partial charge on any atom is -0.389 e. The van der Waals surface area contributed by atoms with Gasteiger partial charge in [-0.15, -0.1) is 11.8 Å². The second kappa shape index (κ2) is 4.06. The molecule has 0 saturated carbocycles. The third kappa shape index (κ3) is 1.80. The van der Waals surface area contributed by atoms with Crippen LogP contribution < -0.4 is 11.4 Å². The van der Waals surface area contributed by atoms with Gasteiger partial charge in [-0.2, -0.15) is 4.98 Å². The average Bonchev–Trinajstić information content (AvgIpc) is 2.46. The van der Waals surface area contributed by atoms with Crippen LogP contribution in [0.4, 0.5) is 10.2 Å². The smallest absolute Gasteiger partial charge is 0.350 e. The van der Waals surface area contributed by atoms with Gasteiger partial charge in [-0.05, 0) is 13.0 Å². The van der Waals surface area contributed by atoms with E-state index in [1.165, 1.54) is 12.3 Å². The Morgan fingerprint density at radius 1 is 1.69 bits per heavy atom. The summed E-state index contributed by atoms with van der Waals surface area (Å²) < 4.78 is 14.8. The average molecular weight is 244 g/mol. The molecule has 1 aliphatic heterocycles. The van der Waals surface area contributed by atoms with Crippen LogP contribution in [0.25, 0.3) is 0 Å². The Labute approximate surface area is 95.5 Å². The second-order valence-corrected chi connectivity index (χ2v) is 4.90. The lowest BCUT2D eigenvalue weighted by Gasteiger charge is -2.15. The summed E-state index contributed by atoms with van der Waals surface area (Å²) >= 11 is 1.10. The Balaban J connectivity index is 2.35. The molecule has 0 spiro atoms. The largest absolute Gasteiger partial charge is 0.389 e. The number of anilines is 1. The molecule has 1 aromatic heterocycles. The lowest BCUT2D eigenvalue weighted by atomic mass is 10.2. The van der Waals surface area contributed by atoms with Crippen LogP contribution in [0, 0.1) is 6.92 Å². The molecule has 0 bridgehead atoms. The number of aliphatic hydroxyl groups excluding tert-OH is 1. The first-order chi connectivity index (χ1) is 7.50. The van der Waals surface area contributed by atoms with Gasteiger partial charge in [0.2, 0.25) is 0 Å². The van der Waals surface area contributed by atoms with Crippen molar-refractivity contribution < 1.29 is 9.50 Å². The molecule has 1 fully saturated rings. The van der Waals surface area contributed by atoms with E-state index in [0.717, 1.165) is 16.3 Å². The topological polar surface area (TPSA) is 81.1 Å². The number of hydrogen-bond acceptors (Lipinski definition) is 5. The van der Waals surface area contributed by atoms with E-state index < -0.39 is 28.6 Å². The summed E-state index contributed by atoms with van der Waals surface area (Å²) in [7, 11) is 0. The molecule has 1 aliphatic rings. The molecule has 2 heterocycles. The van der Waals surface area contributed by atoms with Gasteiger partial charge in [-0.25, -0.2) is 9.18 Å². The Morgan fingerprint density at radius 2 is 2.38 bits per heavy atom. The number of hydrogen-bond donors (Lipinski definition) is 2. The molecule has 1 unspecified atom stereocenters. The molecule has 0 aliphatic carbocycles. The van der Waals surface area contributed by atoms with Crippen LogP contribution in [0.1, 0.15) is 5.37 Å². The fourth-order valence-corrected chi connectivity index (χ4v) is 2.82. The summed E-state index contributed by atoms with van der Waals surface area (Å²) in [4.78, 5) is 15.0. The van der Waals surface area contributed by atoms with Crippen LogP contribution in [0.3, 0.4) is 0 Å². The number of thioether (sulfide) groups is 1. The maximum atomic E-state index is 13.7. The fraction of sp³-hybridized carbons (Fsp3) is 0.444. The summed E-state index contributed by atoms with van der Waals surface area (Å²) in [5.74, 6) is 0.0892. The van der Waals surface area contributed by atoms with E-state index in [1.807, 2.05) is 0 Å². The van der Waals surface area contributed by atoms with Crippen molar-refractivity contribution >= 4 is 17.6 Å². The van der Waals surface area contributed by atoms with Crippen molar-refractivity contribution in [2.45, 2.75) is 22.9 Å². The second-order valence-electron chi connectivity index (χ2n) is 3.54. The van der Waals surface area contributed by atoms with Crippen LogP contribution in [0.2, 0.25) is 0 Å². The van der Waals surface area contributed by atoms with Gasteiger partial charge >= 0.3 is 5.69 Å². The summed E-state index contributed by atoms with van der Waals surface area (Å²) in [6, 6.07) is 1.41. The number of rotatable bonds is 1. The first-order valence-electron chi connectivity index (χ1n) is 4.66. The molecule has 7 heteroatoms. The van der Waals surface area contributed by atoms with Gasteiger partial charge in [0.05, 0.1) is 0 Å². The monoisotopic (exact) mass is 244 g/mol. The molecule has 3 N–H and O–H groups in total. The SMILES string of the molecule is [CH2][C@H]1SC(n2ccc(N)nc2=O)[C@@H](F)[C@@H]1O. The standard InChI is InChI=1S/C9H11FN3O2S/c1-4-7(14)6(10)8(16-4)13-3-2-5(11)12-9(13)15/h2-4,6-8,14H,1H2,(H2,11,12,15)/t4-,6+,7-,8?/m1/s1. The van der Waals surface area contributed by atoms with Crippen LogP contribution in [0.15, 0.2) is 17.1 Å². The van der Waals surface area contributed by atoms with Crippen LogP contribution in [0.5, 0.6) is 0 Å². The highest BCUT2D eigenvalue weighted by Gasteiger charge is 2.42. The van der Waals surface area contributed by atoms with E-state index in [1.54, 1.807) is 0 Å². The highest BCUT2D eigenvalue weighted by Crippen LogP contribution is 2.42. The summed E-state index contributed by atoms with van der Waals surface area (Å²) in [6.45, 7) is 3.60. The summed E-state index contributed by atoms with van der Waals surface area (Å²) in [6.07, 6.45) is -1.32. The number of alkyl halides is 1. The predicted molar refractivity (Wildman–Crippen MR) is 59.6 cm³/mol. The maximum absolute atomic E-state index is 13.7. The molecule has 1 radical (unpaired) electrons. The highest BCUT2D eigenvalue weighted by molar-refractivity contribution is 8.00. The van der Waals surface area contributed by atoms with Crippen LogP contribution >= 0.6 is 11.8 Å². The normalized spacial score (nSPS) is 34.2. The minimum absolute atomic E-state index is 0.0892. The number of nitrogens with two attached hydrogens (primary N) is 1. The van der Waals surface area contributed by atoms with Gasteiger partial charge < -0.3 is 10.8 Å². The zero-order valence-corrected chi connectivity index (χ0v) is 9.10. The molecule has 16 heavy (non-hydrogen) atoms. The van der Waals surface area contributed by atoms with Gasteiger partial charge in [0.15, 0.2) is 6.17 Å². The first kappa shape index (κ1) is 11.4. The van der Waals surface area contributed by atoms with Gasteiger partial charge in [-0.1, -0.05) is 0 Å². The Hall–Kier alpha value is -1.08. The molecule has 0 aromatic carbocycles. The minimum atomic E-state index is -1.53. The first-order valence-corrected chi connectivity index (χ1v) is 5.60. The Bertz CT molecular complexity index is 453. The molecule has 5 nitrogen and oxygen atoms in total. The van der Waals surface area contributed by atoms with Crippen molar-refractivity contribution in [3.8, 4) is 0 Å². The van der Waals surface area contributed by atoms with Crippen molar-refractivity contribution in [3.63, 3.8) is 0 Å². The van der Waals surface area contributed by atoms with E-state index >= 15 is 0 Å². The number of aromatic nitrogens is 2. The number of halogens is 1. The zero-order valence-electron chi connectivity index (χ0n) is 8.28. The van der Waals surface area contributed by atoms with Gasteiger partial charge in [0, 0.05) is 11.4 Å². The van der Waals surface area contributed by atoms with Crippen LogP contribution in [-0.2, 0) is 0 Å². The van der Waals surface area contributed by atoms with Crippen molar-refractivity contribution in [2.75, 3.05) is 5.73 Å². The van der Waals surface area contributed by atoms with E-state index in [9.17, 15) is 14.3 Å². The third-order valence-corrected chi connectivity index (χ3v) is 3.81. The molecule has 1 saturated heterocycles. The highest BCUT2D eigenvalue weighted by atomic mass is 32.2.